The van der Waals surface area contributed by atoms with Crippen molar-refractivity contribution in [3.63, 3.8) is 0 Å². The van der Waals surface area contributed by atoms with Gasteiger partial charge in [-0.2, -0.15) is 0 Å². The summed E-state index contributed by atoms with van der Waals surface area (Å²) >= 11 is 0. The zero-order valence-corrected chi connectivity index (χ0v) is 61.0. The van der Waals surface area contributed by atoms with E-state index in [1.165, 1.54) is 44.2 Å². The molecule has 0 bridgehead atoms. The molecule has 0 aliphatic heterocycles. The van der Waals surface area contributed by atoms with Crippen LogP contribution in [-0.2, 0) is 0 Å². The molecule has 20 rings (SSSR count). The van der Waals surface area contributed by atoms with E-state index in [0.717, 1.165) is 133 Å². The van der Waals surface area contributed by atoms with Gasteiger partial charge in [-0.05, 0) is 109 Å². The Hall–Kier alpha value is -15.1. The van der Waals surface area contributed by atoms with E-state index in [1.54, 1.807) is 0 Å². The molecule has 4 aromatic heterocycles. The van der Waals surface area contributed by atoms with Gasteiger partial charge < -0.3 is 0 Å². The molecule has 112 heavy (non-hydrogen) atoms. The Morgan fingerprint density at radius 1 is 0.134 bits per heavy atom. The van der Waals surface area contributed by atoms with Crippen molar-refractivity contribution in [1.82, 2.24) is 34.9 Å². The molecule has 4 heterocycles. The van der Waals surface area contributed by atoms with Crippen molar-refractivity contribution in [1.29, 1.82) is 0 Å². The van der Waals surface area contributed by atoms with Gasteiger partial charge in [-0.25, -0.2) is 34.9 Å². The van der Waals surface area contributed by atoms with Gasteiger partial charge in [-0.1, -0.05) is 376 Å². The molecule has 0 radical (unpaired) electrons. The Labute approximate surface area is 650 Å². The summed E-state index contributed by atoms with van der Waals surface area (Å²) in [5.41, 5.74) is 27.8. The van der Waals surface area contributed by atoms with Crippen molar-refractivity contribution in [3.8, 4) is 157 Å². The van der Waals surface area contributed by atoms with E-state index in [1.807, 2.05) is 97.1 Å². The van der Waals surface area contributed by atoms with Crippen molar-refractivity contribution in [2.75, 3.05) is 0 Å². The Bertz CT molecular complexity index is 6290. The van der Waals surface area contributed by atoms with E-state index in [9.17, 15) is 0 Å². The molecule has 0 spiro atoms. The highest BCUT2D eigenvalue weighted by atomic mass is 15.0. The molecule has 0 atom stereocenters. The molecule has 0 aliphatic carbocycles. The predicted octanol–water partition coefficient (Wildman–Crippen LogP) is 27.1. The van der Waals surface area contributed by atoms with E-state index in [0.29, 0.717) is 23.3 Å². The lowest BCUT2D eigenvalue weighted by Crippen LogP contribution is -2.00. The van der Waals surface area contributed by atoms with Gasteiger partial charge in [0.1, 0.15) is 0 Å². The Kier molecular flexibility index (Phi) is 18.3. The SMILES string of the molecule is c1ccc(-c2cccc(-c3nc4ccccc4c4c(-c5cccc(-c6ccc(-c7cc(-c8ccccc8)nc(-c8ccccc8)n7)cc6)c5)cccc34)c2)cc1.c1ccc(-c2cccc(-c3nc4ccccc4c4c(-c5cccc(-c6ccc(-c7nc(-c8ccccc8)nc(-c8ccccc8)n7)cc6)c5)cccc34)c2)cc1. The summed E-state index contributed by atoms with van der Waals surface area (Å²) in [4.78, 5) is 35.3. The number of nitrogens with zero attached hydrogens (tertiary/aromatic N) is 7. The second-order valence-corrected chi connectivity index (χ2v) is 27.9. The molecule has 524 valence electrons. The number of aromatic nitrogens is 7. The Balaban J connectivity index is 0.000000151. The first-order valence-electron chi connectivity index (χ1n) is 37.7. The second kappa shape index (κ2) is 30.3. The van der Waals surface area contributed by atoms with Gasteiger partial charge in [0.15, 0.2) is 23.3 Å². The smallest absolute Gasteiger partial charge is 0.164 e. The maximum Gasteiger partial charge on any atom is 0.164 e. The van der Waals surface area contributed by atoms with Gasteiger partial charge in [0.2, 0.25) is 0 Å². The number of fused-ring (bicyclic) bond motifs is 6. The largest absolute Gasteiger partial charge is 0.247 e. The highest BCUT2D eigenvalue weighted by molar-refractivity contribution is 6.19. The molecule has 0 saturated heterocycles. The summed E-state index contributed by atoms with van der Waals surface area (Å²) in [5.74, 6) is 2.65. The standard InChI is InChI=1S/C53H35N3.C52H34N4/c1-4-15-36(16-5-1)42-22-13-24-44(34-42)52-47-27-14-26-45(51(47)46-25-10-11-28-48(46)54-52)43-23-12-21-41(33-43)37-29-31-39(32-30-37)50-35-49(38-17-6-2-7-18-38)55-53(56-50)40-19-8-3-9-20-40;1-4-15-35(16-5-1)41-22-13-24-43(34-41)49-46-27-14-26-44(48(46)45-25-10-11-28-47(45)53-49)42-23-12-21-40(33-42)36-29-31-39(32-30-36)52-55-50(37-17-6-2-7-18-37)54-51(56-52)38-19-8-3-9-20-38/h1-35H;1-34H. The monoisotopic (exact) mass is 1430 g/mol. The summed E-state index contributed by atoms with van der Waals surface area (Å²) in [6.45, 7) is 0. The van der Waals surface area contributed by atoms with Crippen molar-refractivity contribution in [3.05, 3.63) is 419 Å². The van der Waals surface area contributed by atoms with Crippen molar-refractivity contribution in [2.45, 2.75) is 0 Å². The van der Waals surface area contributed by atoms with Gasteiger partial charge in [0, 0.05) is 76.8 Å². The summed E-state index contributed by atoms with van der Waals surface area (Å²) in [5, 5.41) is 6.95. The molecule has 20 aromatic rings. The van der Waals surface area contributed by atoms with Crippen LogP contribution in [0.1, 0.15) is 0 Å². The lowest BCUT2D eigenvalue weighted by molar-refractivity contribution is 1.07. The molecule has 0 saturated carbocycles. The van der Waals surface area contributed by atoms with Crippen LogP contribution >= 0.6 is 0 Å². The second-order valence-electron chi connectivity index (χ2n) is 27.9. The average molecular weight is 1430 g/mol. The number of para-hydroxylation sites is 2. The van der Waals surface area contributed by atoms with Crippen molar-refractivity contribution in [2.24, 2.45) is 0 Å². The molecule has 7 heteroatoms. The Morgan fingerprint density at radius 3 is 0.759 bits per heavy atom. The van der Waals surface area contributed by atoms with Crippen LogP contribution in [0.4, 0.5) is 0 Å². The maximum atomic E-state index is 5.28. The number of hydrogen-bond donors (Lipinski definition) is 0. The zero-order valence-electron chi connectivity index (χ0n) is 61.0. The van der Waals surface area contributed by atoms with Crippen LogP contribution < -0.4 is 0 Å². The van der Waals surface area contributed by atoms with Gasteiger partial charge >= 0.3 is 0 Å². The van der Waals surface area contributed by atoms with E-state index < -0.39 is 0 Å². The first-order valence-corrected chi connectivity index (χ1v) is 37.7. The zero-order chi connectivity index (χ0) is 74.5. The fourth-order valence-corrected chi connectivity index (χ4v) is 15.3. The lowest BCUT2D eigenvalue weighted by atomic mass is 9.91. The number of rotatable bonds is 14. The third kappa shape index (κ3) is 13.7. The molecular formula is C105H69N7. The highest BCUT2D eigenvalue weighted by Crippen LogP contribution is 2.44. The fourth-order valence-electron chi connectivity index (χ4n) is 15.3. The minimum absolute atomic E-state index is 0.638. The molecule has 0 N–H and O–H groups in total. The molecule has 0 unspecified atom stereocenters. The average Bonchev–Trinajstić information content (AvgIpc) is 0.745. The van der Waals surface area contributed by atoms with Crippen LogP contribution in [0.15, 0.2) is 419 Å². The van der Waals surface area contributed by atoms with Gasteiger partial charge in [0.05, 0.1) is 33.8 Å². The Morgan fingerprint density at radius 2 is 0.375 bits per heavy atom. The summed E-state index contributed by atoms with van der Waals surface area (Å²) in [7, 11) is 0. The molecule has 0 fully saturated rings. The molecule has 0 aliphatic rings. The van der Waals surface area contributed by atoms with E-state index in [2.05, 4.69) is 322 Å². The van der Waals surface area contributed by atoms with Crippen LogP contribution in [0.2, 0.25) is 0 Å². The summed E-state index contributed by atoms with van der Waals surface area (Å²) in [6.07, 6.45) is 0. The molecule has 0 amide bonds. The quantitative estimate of drug-likeness (QED) is 0.100. The first kappa shape index (κ1) is 67.5. The fraction of sp³-hybridized carbons (Fsp3) is 0. The lowest BCUT2D eigenvalue weighted by Gasteiger charge is -2.15. The third-order valence-corrected chi connectivity index (χ3v) is 20.8. The predicted molar refractivity (Wildman–Crippen MR) is 464 cm³/mol. The molecular weight excluding hydrogens is 1360 g/mol. The van der Waals surface area contributed by atoms with Gasteiger partial charge in [-0.15, -0.1) is 0 Å². The maximum absolute atomic E-state index is 5.28. The van der Waals surface area contributed by atoms with E-state index >= 15 is 0 Å². The van der Waals surface area contributed by atoms with Crippen molar-refractivity contribution >= 4 is 43.4 Å². The van der Waals surface area contributed by atoms with Crippen LogP contribution in [0.25, 0.3) is 201 Å². The minimum atomic E-state index is 0.638. The summed E-state index contributed by atoms with van der Waals surface area (Å²) < 4.78 is 0. The normalized spacial score (nSPS) is 11.2. The summed E-state index contributed by atoms with van der Waals surface area (Å²) in [6, 6.07) is 146. The topological polar surface area (TPSA) is 90.2 Å². The van der Waals surface area contributed by atoms with Crippen molar-refractivity contribution < 1.29 is 0 Å². The third-order valence-electron chi connectivity index (χ3n) is 20.8. The molecule has 7 nitrogen and oxygen atoms in total. The minimum Gasteiger partial charge on any atom is -0.247 e. The highest BCUT2D eigenvalue weighted by Gasteiger charge is 2.20. The van der Waals surface area contributed by atoms with Gasteiger partial charge in [-0.3, -0.25) is 0 Å². The number of benzene rings is 16. The van der Waals surface area contributed by atoms with Crippen LogP contribution in [0.5, 0.6) is 0 Å². The molecule has 16 aromatic carbocycles. The van der Waals surface area contributed by atoms with Crippen LogP contribution in [0.3, 0.4) is 0 Å². The van der Waals surface area contributed by atoms with Gasteiger partial charge in [0.25, 0.3) is 0 Å². The van der Waals surface area contributed by atoms with E-state index in [4.69, 9.17) is 34.9 Å². The first-order chi connectivity index (χ1) is 55.5. The van der Waals surface area contributed by atoms with Crippen LogP contribution in [-0.4, -0.2) is 34.9 Å². The van der Waals surface area contributed by atoms with Crippen LogP contribution in [0, 0.1) is 0 Å². The number of hydrogen-bond acceptors (Lipinski definition) is 7. The number of pyridine rings is 2. The van der Waals surface area contributed by atoms with E-state index in [-0.39, 0.29) is 0 Å².